The van der Waals surface area contributed by atoms with Gasteiger partial charge in [0.2, 0.25) is 0 Å². The van der Waals surface area contributed by atoms with Gasteiger partial charge in [-0.05, 0) is 49.8 Å². The fourth-order valence-corrected chi connectivity index (χ4v) is 2.27. The number of allylic oxidation sites excluding steroid dienone is 1. The van der Waals surface area contributed by atoms with Gasteiger partial charge in [0.25, 0.3) is 0 Å². The second kappa shape index (κ2) is 6.31. The van der Waals surface area contributed by atoms with Crippen LogP contribution in [0, 0.1) is 25.2 Å². The Morgan fingerprint density at radius 3 is 2.64 bits per heavy atom. The van der Waals surface area contributed by atoms with Gasteiger partial charge in [-0.25, -0.2) is 0 Å². The number of aryl methyl sites for hydroxylation is 1. The smallest absolute Gasteiger partial charge is 0.189 e. The molecule has 0 unspecified atom stereocenters. The highest BCUT2D eigenvalue weighted by Crippen LogP contribution is 2.21. The Morgan fingerprint density at radius 2 is 2.05 bits per heavy atom. The highest BCUT2D eigenvalue weighted by atomic mass is 16.5. The second-order valence-electron chi connectivity index (χ2n) is 5.14. The van der Waals surface area contributed by atoms with Gasteiger partial charge in [-0.2, -0.15) is 5.26 Å². The molecule has 4 nitrogen and oxygen atoms in total. The molecule has 0 amide bonds. The van der Waals surface area contributed by atoms with E-state index in [1.54, 1.807) is 29.9 Å². The molecule has 0 aliphatic rings. The first-order valence-corrected chi connectivity index (χ1v) is 6.91. The van der Waals surface area contributed by atoms with Crippen molar-refractivity contribution in [1.82, 2.24) is 4.57 Å². The molecule has 0 fully saturated rings. The molecule has 22 heavy (non-hydrogen) atoms. The Balaban J connectivity index is 2.33. The van der Waals surface area contributed by atoms with Crippen LogP contribution in [0.4, 0.5) is 0 Å². The third-order valence-electron chi connectivity index (χ3n) is 3.72. The molecule has 0 N–H and O–H groups in total. The minimum atomic E-state index is -0.123. The van der Waals surface area contributed by atoms with Gasteiger partial charge in [-0.15, -0.1) is 0 Å². The number of nitrogens with zero attached hydrogens (tertiary/aromatic N) is 2. The number of aromatic nitrogens is 1. The molecule has 2 aromatic rings. The van der Waals surface area contributed by atoms with E-state index in [0.29, 0.717) is 17.0 Å². The summed E-state index contributed by atoms with van der Waals surface area (Å²) < 4.78 is 7.04. The molecule has 1 aromatic carbocycles. The van der Waals surface area contributed by atoms with Crippen molar-refractivity contribution in [3.63, 3.8) is 0 Å². The van der Waals surface area contributed by atoms with Gasteiger partial charge >= 0.3 is 0 Å². The molecule has 1 aromatic heterocycles. The lowest BCUT2D eigenvalue weighted by Crippen LogP contribution is -1.99. The first-order chi connectivity index (χ1) is 10.5. The van der Waals surface area contributed by atoms with E-state index in [4.69, 9.17) is 10.00 Å². The van der Waals surface area contributed by atoms with Gasteiger partial charge in [0.05, 0.1) is 12.7 Å². The summed E-state index contributed by atoms with van der Waals surface area (Å²) >= 11 is 0. The van der Waals surface area contributed by atoms with E-state index in [2.05, 4.69) is 6.07 Å². The number of hydrogen-bond acceptors (Lipinski definition) is 3. The largest absolute Gasteiger partial charge is 0.496 e. The topological polar surface area (TPSA) is 55.0 Å². The van der Waals surface area contributed by atoms with Crippen molar-refractivity contribution in [3.05, 3.63) is 58.4 Å². The second-order valence-corrected chi connectivity index (χ2v) is 5.14. The van der Waals surface area contributed by atoms with Crippen LogP contribution >= 0.6 is 0 Å². The zero-order valence-corrected chi connectivity index (χ0v) is 13.2. The van der Waals surface area contributed by atoms with E-state index in [9.17, 15) is 4.79 Å². The molecular weight excluding hydrogens is 276 g/mol. The lowest BCUT2D eigenvalue weighted by molar-refractivity contribution is 0.104. The molecule has 112 valence electrons. The van der Waals surface area contributed by atoms with Gasteiger partial charge in [-0.1, -0.05) is 11.6 Å². The maximum atomic E-state index is 12.4. The maximum absolute atomic E-state index is 12.4. The average Bonchev–Trinajstić information content (AvgIpc) is 2.80. The average molecular weight is 294 g/mol. The number of carbonyl (C=O) groups excluding carboxylic acids is 1. The van der Waals surface area contributed by atoms with Crippen LogP contribution in [0.3, 0.4) is 0 Å². The van der Waals surface area contributed by atoms with E-state index in [1.165, 1.54) is 6.08 Å². The minimum Gasteiger partial charge on any atom is -0.496 e. The number of nitriles is 1. The van der Waals surface area contributed by atoms with Gasteiger partial charge in [0.15, 0.2) is 5.78 Å². The quantitative estimate of drug-likeness (QED) is 0.641. The Morgan fingerprint density at radius 1 is 1.32 bits per heavy atom. The summed E-state index contributed by atoms with van der Waals surface area (Å²) in [7, 11) is 3.38. The molecule has 1 heterocycles. The summed E-state index contributed by atoms with van der Waals surface area (Å²) in [6.45, 7) is 3.85. The number of carbonyl (C=O) groups is 1. The van der Waals surface area contributed by atoms with Crippen LogP contribution < -0.4 is 4.74 Å². The van der Waals surface area contributed by atoms with E-state index < -0.39 is 0 Å². The van der Waals surface area contributed by atoms with E-state index >= 15 is 0 Å². The Kier molecular flexibility index (Phi) is 4.47. The first-order valence-electron chi connectivity index (χ1n) is 6.91. The van der Waals surface area contributed by atoms with Crippen LogP contribution in [0.2, 0.25) is 0 Å². The van der Waals surface area contributed by atoms with E-state index in [1.807, 2.05) is 33.0 Å². The predicted molar refractivity (Wildman–Crippen MR) is 86.0 cm³/mol. The molecule has 4 heteroatoms. The van der Waals surface area contributed by atoms with Crippen molar-refractivity contribution in [3.8, 4) is 11.8 Å². The van der Waals surface area contributed by atoms with Crippen LogP contribution in [-0.4, -0.2) is 17.5 Å². The molecule has 0 aliphatic carbocycles. The summed E-state index contributed by atoms with van der Waals surface area (Å²) in [4.78, 5) is 12.4. The zero-order chi connectivity index (χ0) is 16.3. The van der Waals surface area contributed by atoms with Crippen LogP contribution in [0.1, 0.15) is 32.9 Å². The summed E-state index contributed by atoms with van der Waals surface area (Å²) in [6, 6.07) is 9.40. The van der Waals surface area contributed by atoms with Crippen LogP contribution in [0.5, 0.6) is 5.75 Å². The number of ether oxygens (including phenoxy) is 1. The van der Waals surface area contributed by atoms with Crippen molar-refractivity contribution in [2.75, 3.05) is 7.11 Å². The fraction of sp³-hybridized carbons (Fsp3) is 0.222. The van der Waals surface area contributed by atoms with E-state index in [0.717, 1.165) is 16.8 Å². The normalized spacial score (nSPS) is 10.7. The van der Waals surface area contributed by atoms with Gasteiger partial charge in [-0.3, -0.25) is 4.79 Å². The SMILES string of the molecule is COc1ccc(C)cc1C(=O)/C=C/c1cc(C#N)n(C)c1C. The highest BCUT2D eigenvalue weighted by molar-refractivity contribution is 6.08. The Hall–Kier alpha value is -2.80. The molecule has 0 radical (unpaired) electrons. The zero-order valence-electron chi connectivity index (χ0n) is 13.2. The Labute approximate surface area is 130 Å². The van der Waals surface area contributed by atoms with Crippen LogP contribution in [0.25, 0.3) is 6.08 Å². The summed E-state index contributed by atoms with van der Waals surface area (Å²) in [5, 5.41) is 9.03. The molecule has 0 atom stereocenters. The van der Waals surface area contributed by atoms with Gasteiger partial charge < -0.3 is 9.30 Å². The van der Waals surface area contributed by atoms with Crippen molar-refractivity contribution in [1.29, 1.82) is 5.26 Å². The number of benzene rings is 1. The number of hydrogen-bond donors (Lipinski definition) is 0. The van der Waals surface area contributed by atoms with Crippen LogP contribution in [0.15, 0.2) is 30.3 Å². The highest BCUT2D eigenvalue weighted by Gasteiger charge is 2.11. The van der Waals surface area contributed by atoms with Crippen molar-refractivity contribution in [2.45, 2.75) is 13.8 Å². The van der Waals surface area contributed by atoms with Crippen molar-refractivity contribution < 1.29 is 9.53 Å². The fourth-order valence-electron chi connectivity index (χ4n) is 2.27. The monoisotopic (exact) mass is 294 g/mol. The maximum Gasteiger partial charge on any atom is 0.189 e. The van der Waals surface area contributed by atoms with E-state index in [-0.39, 0.29) is 5.78 Å². The molecule has 0 bridgehead atoms. The molecule has 2 rings (SSSR count). The molecule has 0 saturated carbocycles. The molecule has 0 aliphatic heterocycles. The minimum absolute atomic E-state index is 0.123. The predicted octanol–water partition coefficient (Wildman–Crippen LogP) is 3.42. The summed E-state index contributed by atoms with van der Waals surface area (Å²) in [6.07, 6.45) is 3.25. The lowest BCUT2D eigenvalue weighted by Gasteiger charge is -2.06. The molecule has 0 saturated heterocycles. The third-order valence-corrected chi connectivity index (χ3v) is 3.72. The van der Waals surface area contributed by atoms with Gasteiger partial charge in [0.1, 0.15) is 17.5 Å². The third kappa shape index (κ3) is 2.94. The number of rotatable bonds is 4. The summed E-state index contributed by atoms with van der Waals surface area (Å²) in [5.74, 6) is 0.435. The first kappa shape index (κ1) is 15.6. The lowest BCUT2D eigenvalue weighted by atomic mass is 10.1. The van der Waals surface area contributed by atoms with Gasteiger partial charge in [0, 0.05) is 12.7 Å². The molecular formula is C18H18N2O2. The number of ketones is 1. The van der Waals surface area contributed by atoms with Crippen molar-refractivity contribution in [2.24, 2.45) is 7.05 Å². The standard InChI is InChI=1S/C18H18N2O2/c1-12-5-8-18(22-4)16(9-12)17(21)7-6-14-10-15(11-19)20(3)13(14)2/h5-10H,1-4H3/b7-6+. The molecule has 0 spiro atoms. The van der Waals surface area contributed by atoms with Crippen LogP contribution in [-0.2, 0) is 7.05 Å². The number of methoxy groups -OCH3 is 1. The summed E-state index contributed by atoms with van der Waals surface area (Å²) in [5.41, 5.74) is 3.90. The van der Waals surface area contributed by atoms with Crippen molar-refractivity contribution >= 4 is 11.9 Å². The Bertz CT molecular complexity index is 792.